The van der Waals surface area contributed by atoms with E-state index in [1.54, 1.807) is 0 Å². The maximum atomic E-state index is 5.11. The lowest BCUT2D eigenvalue weighted by Gasteiger charge is -2.12. The largest absolute Gasteiger partial charge is 0.354 e. The molecule has 49 heavy (non-hydrogen) atoms. The molecule has 3 nitrogen and oxygen atoms in total. The number of allylic oxidation sites excluding steroid dienone is 2. The number of rotatable bonds is 6. The van der Waals surface area contributed by atoms with Crippen LogP contribution in [0.2, 0.25) is 0 Å². The minimum atomic E-state index is 0.718. The Morgan fingerprint density at radius 1 is 0.571 bits per heavy atom. The van der Waals surface area contributed by atoms with Crippen LogP contribution in [0.5, 0.6) is 0 Å². The Labute approximate surface area is 284 Å². The van der Waals surface area contributed by atoms with Gasteiger partial charge in [-0.25, -0.2) is 4.99 Å². The fraction of sp³-hybridized carbons (Fsp3) is 0.0217. The SMILES string of the molecule is C=C(N=C(/C=C(\C)c1ccccc1)c1ccccc1)c1ccc(-n2c3ccccc3c3c4c5ccccc5[nH]c4c4ccccc4c32)cc1. The van der Waals surface area contributed by atoms with E-state index in [2.05, 4.69) is 163 Å². The number of hydrogen-bond acceptors (Lipinski definition) is 1. The van der Waals surface area contributed by atoms with Gasteiger partial charge < -0.3 is 9.55 Å². The van der Waals surface area contributed by atoms with Gasteiger partial charge in [0, 0.05) is 49.1 Å². The lowest BCUT2D eigenvalue weighted by atomic mass is 9.99. The summed E-state index contributed by atoms with van der Waals surface area (Å²) in [5, 5.41) is 7.46. The molecule has 2 aromatic heterocycles. The van der Waals surface area contributed by atoms with Crippen LogP contribution >= 0.6 is 0 Å². The standard InChI is InChI=1S/C46H33N3/c1-30(32-15-5-3-6-16-32)29-41(34-17-7-4-8-18-34)47-31(2)33-25-27-35(28-26-33)49-42-24-14-12-22-39(42)44-43-38-21-11-13-23-40(38)48-45(43)36-19-9-10-20-37(36)46(44)49/h3-29,48H,2H2,1H3/b30-29+,47-41?. The molecular weight excluding hydrogens is 595 g/mol. The van der Waals surface area contributed by atoms with E-state index in [1.165, 1.54) is 54.4 Å². The van der Waals surface area contributed by atoms with Gasteiger partial charge in [-0.15, -0.1) is 0 Å². The highest BCUT2D eigenvalue weighted by Gasteiger charge is 2.21. The molecule has 9 rings (SSSR count). The average molecular weight is 628 g/mol. The molecule has 0 amide bonds. The van der Waals surface area contributed by atoms with Gasteiger partial charge >= 0.3 is 0 Å². The second kappa shape index (κ2) is 11.7. The third-order valence-electron chi connectivity index (χ3n) is 9.65. The molecule has 9 aromatic rings. The third kappa shape index (κ3) is 4.78. The summed E-state index contributed by atoms with van der Waals surface area (Å²) in [6.07, 6.45) is 2.15. The first-order valence-corrected chi connectivity index (χ1v) is 16.7. The van der Waals surface area contributed by atoms with Crippen molar-refractivity contribution in [1.29, 1.82) is 0 Å². The minimum Gasteiger partial charge on any atom is -0.354 e. The number of aromatic nitrogens is 2. The van der Waals surface area contributed by atoms with E-state index < -0.39 is 0 Å². The van der Waals surface area contributed by atoms with Gasteiger partial charge in [0.1, 0.15) is 0 Å². The van der Waals surface area contributed by atoms with Crippen molar-refractivity contribution in [1.82, 2.24) is 9.55 Å². The maximum absolute atomic E-state index is 5.11. The summed E-state index contributed by atoms with van der Waals surface area (Å²) >= 11 is 0. The van der Waals surface area contributed by atoms with E-state index in [9.17, 15) is 0 Å². The molecule has 0 aliphatic rings. The normalized spacial score (nSPS) is 12.5. The first kappa shape index (κ1) is 28.7. The van der Waals surface area contributed by atoms with Crippen LogP contribution in [-0.2, 0) is 0 Å². The molecule has 0 radical (unpaired) electrons. The first-order chi connectivity index (χ1) is 24.2. The van der Waals surface area contributed by atoms with E-state index in [0.717, 1.165) is 39.3 Å². The number of aromatic amines is 1. The molecule has 0 aliphatic carbocycles. The highest BCUT2D eigenvalue weighted by atomic mass is 15.0. The monoisotopic (exact) mass is 627 g/mol. The van der Waals surface area contributed by atoms with Gasteiger partial charge in [-0.1, -0.05) is 140 Å². The molecule has 3 heteroatoms. The van der Waals surface area contributed by atoms with Crippen LogP contribution in [0.3, 0.4) is 0 Å². The molecule has 0 saturated carbocycles. The van der Waals surface area contributed by atoms with E-state index in [-0.39, 0.29) is 0 Å². The zero-order chi connectivity index (χ0) is 32.9. The van der Waals surface area contributed by atoms with E-state index in [4.69, 9.17) is 4.99 Å². The topological polar surface area (TPSA) is 33.1 Å². The molecule has 0 unspecified atom stereocenters. The molecular formula is C46H33N3. The molecule has 7 aromatic carbocycles. The average Bonchev–Trinajstić information content (AvgIpc) is 3.72. The lowest BCUT2D eigenvalue weighted by Crippen LogP contribution is -1.99. The van der Waals surface area contributed by atoms with Crippen molar-refractivity contribution in [2.24, 2.45) is 4.99 Å². The van der Waals surface area contributed by atoms with Crippen molar-refractivity contribution in [3.05, 3.63) is 187 Å². The predicted molar refractivity (Wildman–Crippen MR) is 210 cm³/mol. The molecule has 0 fully saturated rings. The van der Waals surface area contributed by atoms with Gasteiger partial charge in [-0.3, -0.25) is 0 Å². The number of para-hydroxylation sites is 2. The predicted octanol–water partition coefficient (Wildman–Crippen LogP) is 12.1. The minimum absolute atomic E-state index is 0.718. The van der Waals surface area contributed by atoms with Crippen LogP contribution in [0.15, 0.2) is 175 Å². The Hall–Kier alpha value is -6.45. The summed E-state index contributed by atoms with van der Waals surface area (Å²) in [6.45, 7) is 6.56. The highest BCUT2D eigenvalue weighted by Crippen LogP contribution is 2.44. The van der Waals surface area contributed by atoms with Crippen LogP contribution in [0.1, 0.15) is 23.6 Å². The number of hydrogen-bond donors (Lipinski definition) is 1. The van der Waals surface area contributed by atoms with Crippen LogP contribution < -0.4 is 0 Å². The Morgan fingerprint density at radius 2 is 1.16 bits per heavy atom. The van der Waals surface area contributed by atoms with Gasteiger partial charge in [0.15, 0.2) is 0 Å². The van der Waals surface area contributed by atoms with Crippen LogP contribution in [-0.4, -0.2) is 15.3 Å². The smallest absolute Gasteiger partial charge is 0.0712 e. The van der Waals surface area contributed by atoms with Crippen molar-refractivity contribution in [3.8, 4) is 5.69 Å². The van der Waals surface area contributed by atoms with Gasteiger partial charge in [-0.2, -0.15) is 0 Å². The molecule has 0 bridgehead atoms. The van der Waals surface area contributed by atoms with E-state index in [0.29, 0.717) is 0 Å². The number of nitrogens with one attached hydrogen (secondary N) is 1. The Morgan fingerprint density at radius 3 is 1.90 bits per heavy atom. The summed E-state index contributed by atoms with van der Waals surface area (Å²) in [6, 6.07) is 55.6. The summed E-state index contributed by atoms with van der Waals surface area (Å²) < 4.78 is 2.42. The Kier molecular flexibility index (Phi) is 6.84. The van der Waals surface area contributed by atoms with Gasteiger partial charge in [-0.05, 0) is 54.0 Å². The highest BCUT2D eigenvalue weighted by molar-refractivity contribution is 6.36. The Balaban J connectivity index is 1.21. The fourth-order valence-corrected chi connectivity index (χ4v) is 7.32. The van der Waals surface area contributed by atoms with Crippen molar-refractivity contribution < 1.29 is 0 Å². The van der Waals surface area contributed by atoms with Crippen molar-refractivity contribution in [2.75, 3.05) is 0 Å². The molecule has 1 N–H and O–H groups in total. The van der Waals surface area contributed by atoms with E-state index in [1.807, 2.05) is 24.3 Å². The van der Waals surface area contributed by atoms with Crippen molar-refractivity contribution in [2.45, 2.75) is 6.92 Å². The Bertz CT molecular complexity index is 2760. The fourth-order valence-electron chi connectivity index (χ4n) is 7.32. The van der Waals surface area contributed by atoms with Crippen LogP contribution in [0.25, 0.3) is 71.3 Å². The molecule has 0 saturated heterocycles. The molecule has 0 atom stereocenters. The third-order valence-corrected chi connectivity index (χ3v) is 9.65. The summed E-state index contributed by atoms with van der Waals surface area (Å²) in [7, 11) is 0. The van der Waals surface area contributed by atoms with Crippen LogP contribution in [0.4, 0.5) is 0 Å². The summed E-state index contributed by atoms with van der Waals surface area (Å²) in [5.74, 6) is 0. The van der Waals surface area contributed by atoms with Gasteiger partial charge in [0.05, 0.1) is 28.0 Å². The first-order valence-electron chi connectivity index (χ1n) is 16.7. The second-order valence-corrected chi connectivity index (χ2v) is 12.6. The molecule has 2 heterocycles. The lowest BCUT2D eigenvalue weighted by molar-refractivity contribution is 1.18. The van der Waals surface area contributed by atoms with Crippen molar-refractivity contribution >= 4 is 71.4 Å². The van der Waals surface area contributed by atoms with Gasteiger partial charge in [0.25, 0.3) is 0 Å². The molecule has 0 spiro atoms. The molecule has 232 valence electrons. The number of benzene rings is 7. The summed E-state index contributed by atoms with van der Waals surface area (Å²) in [5.41, 5.74) is 11.8. The van der Waals surface area contributed by atoms with Crippen molar-refractivity contribution in [3.63, 3.8) is 0 Å². The van der Waals surface area contributed by atoms with Gasteiger partial charge in [0.2, 0.25) is 0 Å². The number of aliphatic imine (C=N–C) groups is 1. The summed E-state index contributed by atoms with van der Waals surface area (Å²) in [4.78, 5) is 8.87. The zero-order valence-corrected chi connectivity index (χ0v) is 27.2. The quantitative estimate of drug-likeness (QED) is 0.178. The maximum Gasteiger partial charge on any atom is 0.0712 e. The van der Waals surface area contributed by atoms with Crippen LogP contribution in [0, 0.1) is 0 Å². The second-order valence-electron chi connectivity index (χ2n) is 12.6. The number of H-pyrrole nitrogens is 1. The number of fused-ring (bicyclic) bond motifs is 10. The zero-order valence-electron chi connectivity index (χ0n) is 27.2. The molecule has 0 aliphatic heterocycles. The van der Waals surface area contributed by atoms with E-state index >= 15 is 0 Å². The number of nitrogens with zero attached hydrogens (tertiary/aromatic N) is 2.